The highest BCUT2D eigenvalue weighted by molar-refractivity contribution is 6.23. The van der Waals surface area contributed by atoms with Crippen molar-refractivity contribution in [3.05, 3.63) is 243 Å². The predicted octanol–water partition coefficient (Wildman–Crippen LogP) is 17.5. The van der Waals surface area contributed by atoms with Crippen molar-refractivity contribution in [1.82, 2.24) is 9.97 Å². The Morgan fingerprint density at radius 2 is 0.642 bits per heavy atom. The van der Waals surface area contributed by atoms with Crippen LogP contribution in [0.25, 0.3) is 133 Å². The van der Waals surface area contributed by atoms with Crippen molar-refractivity contribution in [3.63, 3.8) is 0 Å². The molecule has 0 fully saturated rings. The number of hydrogen-bond acceptors (Lipinski definition) is 3. The SMILES string of the molecule is c1ccc(-c2cccc(-c3ccc4oc5c(-c6cccc(-c7nc8c9ccccc9c9ccccc9c8nc7-c7ccccc7)c6)cc(-c6cccc(-c7ccccc7)c6)cc5c4c3)c2)cc1. The summed E-state index contributed by atoms with van der Waals surface area (Å²) in [6.45, 7) is 0. The third-order valence-corrected chi connectivity index (χ3v) is 13.2. The quantitative estimate of drug-likeness (QED) is 0.150. The molecule has 11 aromatic carbocycles. The van der Waals surface area contributed by atoms with Gasteiger partial charge in [-0.05, 0) is 103 Å². The van der Waals surface area contributed by atoms with Crippen LogP contribution in [0.4, 0.5) is 0 Å². The Labute approximate surface area is 387 Å². The van der Waals surface area contributed by atoms with E-state index in [0.717, 1.165) is 99.6 Å². The lowest BCUT2D eigenvalue weighted by molar-refractivity contribution is 0.670. The molecular formula is C64H40N2O. The molecule has 0 aliphatic carbocycles. The molecule has 0 radical (unpaired) electrons. The molecule has 0 atom stereocenters. The number of benzene rings is 11. The zero-order valence-electron chi connectivity index (χ0n) is 36.4. The summed E-state index contributed by atoms with van der Waals surface area (Å²) in [5, 5.41) is 6.65. The van der Waals surface area contributed by atoms with Gasteiger partial charge in [-0.25, -0.2) is 9.97 Å². The summed E-state index contributed by atoms with van der Waals surface area (Å²) in [5.74, 6) is 0. The van der Waals surface area contributed by atoms with E-state index >= 15 is 0 Å². The maximum atomic E-state index is 6.96. The van der Waals surface area contributed by atoms with E-state index in [2.05, 4.69) is 237 Å². The van der Waals surface area contributed by atoms with E-state index in [1.54, 1.807) is 0 Å². The van der Waals surface area contributed by atoms with Crippen LogP contribution in [0.5, 0.6) is 0 Å². The second kappa shape index (κ2) is 16.0. The van der Waals surface area contributed by atoms with Crippen molar-refractivity contribution in [2.75, 3.05) is 0 Å². The summed E-state index contributed by atoms with van der Waals surface area (Å²) in [4.78, 5) is 11.2. The molecule has 0 aliphatic rings. The van der Waals surface area contributed by atoms with Gasteiger partial charge in [0.05, 0.1) is 22.4 Å². The van der Waals surface area contributed by atoms with Crippen molar-refractivity contribution in [1.29, 1.82) is 0 Å². The lowest BCUT2D eigenvalue weighted by Gasteiger charge is -2.15. The van der Waals surface area contributed by atoms with E-state index < -0.39 is 0 Å². The number of rotatable bonds is 7. The van der Waals surface area contributed by atoms with Gasteiger partial charge in [-0.1, -0.05) is 200 Å². The Balaban J connectivity index is 1.03. The molecule has 0 spiro atoms. The van der Waals surface area contributed by atoms with Gasteiger partial charge in [-0.15, -0.1) is 0 Å². The number of aromatic nitrogens is 2. The normalized spacial score (nSPS) is 11.6. The van der Waals surface area contributed by atoms with Gasteiger partial charge in [0, 0.05) is 38.2 Å². The Morgan fingerprint density at radius 3 is 1.22 bits per heavy atom. The van der Waals surface area contributed by atoms with E-state index in [4.69, 9.17) is 14.4 Å². The first-order chi connectivity index (χ1) is 33.2. The summed E-state index contributed by atoms with van der Waals surface area (Å²) in [7, 11) is 0. The highest BCUT2D eigenvalue weighted by atomic mass is 16.3. The smallest absolute Gasteiger partial charge is 0.143 e. The van der Waals surface area contributed by atoms with Crippen LogP contribution in [-0.4, -0.2) is 9.97 Å². The molecule has 0 N–H and O–H groups in total. The van der Waals surface area contributed by atoms with Crippen LogP contribution < -0.4 is 0 Å². The van der Waals surface area contributed by atoms with Gasteiger partial charge < -0.3 is 4.42 Å². The lowest BCUT2D eigenvalue weighted by Crippen LogP contribution is -1.97. The largest absolute Gasteiger partial charge is 0.455 e. The van der Waals surface area contributed by atoms with E-state index in [-0.39, 0.29) is 0 Å². The summed E-state index contributed by atoms with van der Waals surface area (Å²) >= 11 is 0. The number of hydrogen-bond donors (Lipinski definition) is 0. The summed E-state index contributed by atoms with van der Waals surface area (Å²) in [6, 6.07) is 86.3. The first kappa shape index (κ1) is 38.5. The average molecular weight is 853 g/mol. The minimum absolute atomic E-state index is 0.830. The molecule has 312 valence electrons. The van der Waals surface area contributed by atoms with Crippen LogP contribution in [0.1, 0.15) is 0 Å². The fourth-order valence-corrected chi connectivity index (χ4v) is 9.95. The highest BCUT2D eigenvalue weighted by Gasteiger charge is 2.21. The third kappa shape index (κ3) is 6.76. The lowest BCUT2D eigenvalue weighted by atomic mass is 9.92. The molecule has 2 aromatic heterocycles. The number of nitrogens with zero attached hydrogens (tertiary/aromatic N) is 2. The summed E-state index contributed by atoms with van der Waals surface area (Å²) < 4.78 is 6.96. The molecule has 0 saturated heterocycles. The van der Waals surface area contributed by atoms with Gasteiger partial charge in [-0.2, -0.15) is 0 Å². The predicted molar refractivity (Wildman–Crippen MR) is 280 cm³/mol. The molecule has 0 aliphatic heterocycles. The third-order valence-electron chi connectivity index (χ3n) is 13.2. The second-order valence-electron chi connectivity index (χ2n) is 17.3. The van der Waals surface area contributed by atoms with Gasteiger partial charge in [0.2, 0.25) is 0 Å². The van der Waals surface area contributed by atoms with Crippen LogP contribution in [0.2, 0.25) is 0 Å². The Hall–Kier alpha value is -8.92. The molecule has 0 bridgehead atoms. The second-order valence-corrected chi connectivity index (χ2v) is 17.3. The maximum absolute atomic E-state index is 6.96. The minimum Gasteiger partial charge on any atom is -0.455 e. The monoisotopic (exact) mass is 852 g/mol. The van der Waals surface area contributed by atoms with Gasteiger partial charge in [0.25, 0.3) is 0 Å². The molecular weight excluding hydrogens is 813 g/mol. The average Bonchev–Trinajstić information content (AvgIpc) is 3.79. The number of furan rings is 1. The zero-order chi connectivity index (χ0) is 44.3. The fraction of sp³-hybridized carbons (Fsp3) is 0. The van der Waals surface area contributed by atoms with Crippen LogP contribution in [0.3, 0.4) is 0 Å². The topological polar surface area (TPSA) is 38.9 Å². The van der Waals surface area contributed by atoms with E-state index in [1.807, 2.05) is 6.07 Å². The van der Waals surface area contributed by atoms with E-state index in [9.17, 15) is 0 Å². The minimum atomic E-state index is 0.830. The molecule has 67 heavy (non-hydrogen) atoms. The Bertz CT molecular complexity index is 4020. The van der Waals surface area contributed by atoms with Crippen LogP contribution in [-0.2, 0) is 0 Å². The first-order valence-corrected chi connectivity index (χ1v) is 22.8. The highest BCUT2D eigenvalue weighted by Crippen LogP contribution is 2.44. The molecule has 2 heterocycles. The van der Waals surface area contributed by atoms with Crippen LogP contribution >= 0.6 is 0 Å². The standard InChI is InChI=1S/C64H40N2O/c1-4-17-41(18-5-1)44-23-14-25-46(35-44)48-33-34-59-57(38-48)58-40-51(47-26-15-24-45(36-47)42-19-6-2-7-20-42)39-56(64(58)67-59)49-27-16-28-50(37-49)61-60(43-21-8-3-9-22-43)65-62-54-31-12-10-29-52(54)53-30-11-13-32-55(53)63(62)66-61/h1-40H. The van der Waals surface area contributed by atoms with Crippen molar-refractivity contribution in [2.24, 2.45) is 0 Å². The van der Waals surface area contributed by atoms with Crippen molar-refractivity contribution in [2.45, 2.75) is 0 Å². The van der Waals surface area contributed by atoms with Crippen molar-refractivity contribution >= 4 is 54.5 Å². The van der Waals surface area contributed by atoms with Gasteiger partial charge in [0.1, 0.15) is 11.2 Å². The van der Waals surface area contributed by atoms with Crippen molar-refractivity contribution in [3.8, 4) is 78.1 Å². The molecule has 0 saturated carbocycles. The Morgan fingerprint density at radius 1 is 0.239 bits per heavy atom. The Kier molecular flexibility index (Phi) is 9.17. The van der Waals surface area contributed by atoms with Crippen LogP contribution in [0, 0.1) is 0 Å². The van der Waals surface area contributed by atoms with Gasteiger partial charge >= 0.3 is 0 Å². The van der Waals surface area contributed by atoms with E-state index in [1.165, 1.54) is 33.0 Å². The van der Waals surface area contributed by atoms with Crippen molar-refractivity contribution < 1.29 is 4.42 Å². The molecule has 3 heteroatoms. The summed E-state index contributed by atoms with van der Waals surface area (Å²) in [6.07, 6.45) is 0. The van der Waals surface area contributed by atoms with Gasteiger partial charge in [0.15, 0.2) is 0 Å². The first-order valence-electron chi connectivity index (χ1n) is 22.8. The van der Waals surface area contributed by atoms with Crippen LogP contribution in [0.15, 0.2) is 247 Å². The molecule has 13 aromatic rings. The van der Waals surface area contributed by atoms with E-state index in [0.29, 0.717) is 0 Å². The molecule has 3 nitrogen and oxygen atoms in total. The molecule has 0 unspecified atom stereocenters. The maximum Gasteiger partial charge on any atom is 0.143 e. The zero-order valence-corrected chi connectivity index (χ0v) is 36.4. The number of fused-ring (bicyclic) bond motifs is 9. The summed E-state index contributed by atoms with van der Waals surface area (Å²) in [5.41, 5.74) is 18.4. The van der Waals surface area contributed by atoms with Gasteiger partial charge in [-0.3, -0.25) is 0 Å². The molecule has 0 amide bonds. The fourth-order valence-electron chi connectivity index (χ4n) is 9.95. The molecule has 13 rings (SSSR count).